The molecule has 0 aromatic carbocycles. The van der Waals surface area contributed by atoms with Crippen LogP contribution in [0.2, 0.25) is 0 Å². The first kappa shape index (κ1) is 15.9. The largest absolute Gasteiger partial charge is 0.326 e. The van der Waals surface area contributed by atoms with Gasteiger partial charge in [0.1, 0.15) is 0 Å². The van der Waals surface area contributed by atoms with Crippen molar-refractivity contribution < 1.29 is 8.42 Å². The molecular weight excluding hydrogens is 294 g/mol. The fourth-order valence-corrected chi connectivity index (χ4v) is 5.74. The minimum atomic E-state index is -3.43. The molecule has 1 saturated heterocycles. The summed E-state index contributed by atoms with van der Waals surface area (Å²) in [5.74, 6) is 0. The lowest BCUT2D eigenvalue weighted by Crippen LogP contribution is -2.43. The Hall–Kier alpha value is -0.470. The van der Waals surface area contributed by atoms with E-state index in [1.54, 1.807) is 15.8 Å². The highest BCUT2D eigenvalue weighted by Gasteiger charge is 2.34. The van der Waals surface area contributed by atoms with Crippen molar-refractivity contribution in [3.63, 3.8) is 0 Å². The number of nitrogens with two attached hydrogens (primary N) is 1. The molecular formula is C13H23N3O2S2. The maximum Gasteiger partial charge on any atom is 0.244 e. The van der Waals surface area contributed by atoms with Crippen LogP contribution < -0.4 is 5.73 Å². The first-order chi connectivity index (χ1) is 9.50. The van der Waals surface area contributed by atoms with Crippen LogP contribution in [-0.4, -0.2) is 50.3 Å². The SMILES string of the molecule is CCC1CN(C)CCCN1S(=O)(=O)c1ccsc1CN. The maximum absolute atomic E-state index is 12.9. The van der Waals surface area contributed by atoms with Crippen LogP contribution in [0.4, 0.5) is 0 Å². The second-order valence-corrected chi connectivity index (χ2v) is 8.07. The van der Waals surface area contributed by atoms with Crippen molar-refractivity contribution in [1.29, 1.82) is 0 Å². The van der Waals surface area contributed by atoms with E-state index in [4.69, 9.17) is 5.73 Å². The highest BCUT2D eigenvalue weighted by atomic mass is 32.2. The van der Waals surface area contributed by atoms with Crippen LogP contribution in [0.1, 0.15) is 24.6 Å². The molecule has 2 rings (SSSR count). The molecule has 0 amide bonds. The third kappa shape index (κ3) is 3.07. The third-order valence-electron chi connectivity index (χ3n) is 3.80. The summed E-state index contributed by atoms with van der Waals surface area (Å²) < 4.78 is 27.5. The van der Waals surface area contributed by atoms with Gasteiger partial charge in [0.05, 0.1) is 4.90 Å². The topological polar surface area (TPSA) is 66.6 Å². The summed E-state index contributed by atoms with van der Waals surface area (Å²) in [6.07, 6.45) is 1.69. The lowest BCUT2D eigenvalue weighted by Gasteiger charge is -2.29. The molecule has 2 N–H and O–H groups in total. The third-order valence-corrected chi connectivity index (χ3v) is 6.90. The molecule has 1 aromatic rings. The van der Waals surface area contributed by atoms with Gasteiger partial charge in [-0.15, -0.1) is 11.3 Å². The molecule has 114 valence electrons. The van der Waals surface area contributed by atoms with E-state index in [2.05, 4.69) is 11.9 Å². The predicted molar refractivity (Wildman–Crippen MR) is 82.3 cm³/mol. The van der Waals surface area contributed by atoms with Crippen molar-refractivity contribution in [3.8, 4) is 0 Å². The summed E-state index contributed by atoms with van der Waals surface area (Å²) >= 11 is 1.41. The summed E-state index contributed by atoms with van der Waals surface area (Å²) in [5, 5.41) is 1.81. The van der Waals surface area contributed by atoms with Gasteiger partial charge in [-0.25, -0.2) is 8.42 Å². The van der Waals surface area contributed by atoms with E-state index in [1.807, 2.05) is 6.92 Å². The monoisotopic (exact) mass is 317 g/mol. The van der Waals surface area contributed by atoms with Gasteiger partial charge in [-0.3, -0.25) is 0 Å². The molecule has 1 unspecified atom stereocenters. The van der Waals surface area contributed by atoms with E-state index in [0.717, 1.165) is 30.8 Å². The average Bonchev–Trinajstić information content (AvgIpc) is 2.82. The summed E-state index contributed by atoms with van der Waals surface area (Å²) in [6.45, 7) is 4.64. The van der Waals surface area contributed by atoms with Crippen LogP contribution >= 0.6 is 11.3 Å². The van der Waals surface area contributed by atoms with Crippen LogP contribution in [0.25, 0.3) is 0 Å². The highest BCUT2D eigenvalue weighted by Crippen LogP contribution is 2.28. The Kier molecular flexibility index (Phi) is 5.19. The van der Waals surface area contributed by atoms with Gasteiger partial charge in [0.2, 0.25) is 10.0 Å². The number of thiophene rings is 1. The molecule has 7 heteroatoms. The Balaban J connectivity index is 2.36. The van der Waals surface area contributed by atoms with Gasteiger partial charge < -0.3 is 10.6 Å². The standard InChI is InChI=1S/C13H23N3O2S2/c1-3-11-10-15(2)6-4-7-16(11)20(17,18)13-5-8-19-12(13)9-14/h5,8,11H,3-4,6-7,9-10,14H2,1-2H3. The summed E-state index contributed by atoms with van der Waals surface area (Å²) in [7, 11) is -1.38. The molecule has 1 aromatic heterocycles. The highest BCUT2D eigenvalue weighted by molar-refractivity contribution is 7.89. The summed E-state index contributed by atoms with van der Waals surface area (Å²) in [5.41, 5.74) is 5.66. The van der Waals surface area contributed by atoms with Crippen LogP contribution in [-0.2, 0) is 16.6 Å². The van der Waals surface area contributed by atoms with E-state index in [0.29, 0.717) is 11.4 Å². The number of rotatable bonds is 4. The van der Waals surface area contributed by atoms with E-state index in [9.17, 15) is 8.42 Å². The van der Waals surface area contributed by atoms with Gasteiger partial charge in [-0.2, -0.15) is 4.31 Å². The van der Waals surface area contributed by atoms with Crippen molar-refractivity contribution >= 4 is 21.4 Å². The van der Waals surface area contributed by atoms with E-state index >= 15 is 0 Å². The van der Waals surface area contributed by atoms with Crippen LogP contribution in [0.15, 0.2) is 16.3 Å². The van der Waals surface area contributed by atoms with Gasteiger partial charge in [-0.05, 0) is 37.9 Å². The Morgan fingerprint density at radius 2 is 2.20 bits per heavy atom. The second-order valence-electron chi connectivity index (χ2n) is 5.21. The van der Waals surface area contributed by atoms with Crippen molar-refractivity contribution in [3.05, 3.63) is 16.3 Å². The molecule has 5 nitrogen and oxygen atoms in total. The van der Waals surface area contributed by atoms with Crippen molar-refractivity contribution in [2.45, 2.75) is 37.2 Å². The minimum absolute atomic E-state index is 0.0398. The smallest absolute Gasteiger partial charge is 0.244 e. The zero-order valence-corrected chi connectivity index (χ0v) is 13.7. The predicted octanol–water partition coefficient (Wildman–Crippen LogP) is 1.31. The fraction of sp³-hybridized carbons (Fsp3) is 0.692. The number of likely N-dealkylation sites (N-methyl/N-ethyl adjacent to an activating group) is 1. The Bertz CT molecular complexity index is 542. The Labute approximate surface area is 125 Å². The molecule has 1 fully saturated rings. The number of hydrogen-bond donors (Lipinski definition) is 1. The molecule has 2 heterocycles. The van der Waals surface area contributed by atoms with Crippen LogP contribution in [0.5, 0.6) is 0 Å². The number of nitrogens with zero attached hydrogens (tertiary/aromatic N) is 2. The van der Waals surface area contributed by atoms with Gasteiger partial charge in [0, 0.05) is 30.6 Å². The zero-order valence-electron chi connectivity index (χ0n) is 12.1. The summed E-state index contributed by atoms with van der Waals surface area (Å²) in [4.78, 5) is 3.35. The molecule has 1 atom stereocenters. The lowest BCUT2D eigenvalue weighted by atomic mass is 10.2. The number of sulfonamides is 1. The van der Waals surface area contributed by atoms with Gasteiger partial charge in [0.25, 0.3) is 0 Å². The molecule has 0 radical (unpaired) electrons. The second kappa shape index (κ2) is 6.53. The maximum atomic E-state index is 12.9. The minimum Gasteiger partial charge on any atom is -0.326 e. The van der Waals surface area contributed by atoms with E-state index < -0.39 is 10.0 Å². The Morgan fingerprint density at radius 3 is 2.85 bits per heavy atom. The quantitative estimate of drug-likeness (QED) is 0.909. The van der Waals surface area contributed by atoms with Crippen molar-refractivity contribution in [2.75, 3.05) is 26.7 Å². The van der Waals surface area contributed by atoms with Gasteiger partial charge in [-0.1, -0.05) is 6.92 Å². The normalized spacial score (nSPS) is 22.9. The first-order valence-electron chi connectivity index (χ1n) is 6.97. The molecule has 1 aliphatic heterocycles. The molecule has 0 bridgehead atoms. The Morgan fingerprint density at radius 1 is 1.45 bits per heavy atom. The van der Waals surface area contributed by atoms with Crippen LogP contribution in [0, 0.1) is 0 Å². The zero-order chi connectivity index (χ0) is 14.8. The van der Waals surface area contributed by atoms with E-state index in [1.165, 1.54) is 11.3 Å². The van der Waals surface area contributed by atoms with Crippen molar-refractivity contribution in [1.82, 2.24) is 9.21 Å². The van der Waals surface area contributed by atoms with Crippen molar-refractivity contribution in [2.24, 2.45) is 5.73 Å². The van der Waals surface area contributed by atoms with E-state index in [-0.39, 0.29) is 12.6 Å². The lowest BCUT2D eigenvalue weighted by molar-refractivity contribution is 0.270. The fourth-order valence-electron chi connectivity index (χ4n) is 2.70. The molecule has 0 aliphatic carbocycles. The first-order valence-corrected chi connectivity index (χ1v) is 9.29. The molecule has 20 heavy (non-hydrogen) atoms. The van der Waals surface area contributed by atoms with Gasteiger partial charge in [0.15, 0.2) is 0 Å². The molecule has 0 spiro atoms. The van der Waals surface area contributed by atoms with Crippen LogP contribution in [0.3, 0.4) is 0 Å². The van der Waals surface area contributed by atoms with Gasteiger partial charge >= 0.3 is 0 Å². The summed E-state index contributed by atoms with van der Waals surface area (Å²) in [6, 6.07) is 1.72. The molecule has 0 saturated carbocycles. The molecule has 1 aliphatic rings. The number of hydrogen-bond acceptors (Lipinski definition) is 5. The average molecular weight is 317 g/mol.